The van der Waals surface area contributed by atoms with Crippen LogP contribution in [0.4, 0.5) is 0 Å². The molecule has 4 saturated carbocycles. The molecule has 28 heteroatoms. The molecule has 9 aliphatic rings. The highest BCUT2D eigenvalue weighted by Crippen LogP contribution is 2.74. The van der Waals surface area contributed by atoms with E-state index in [1.54, 1.807) is 6.92 Å². The van der Waals surface area contributed by atoms with Gasteiger partial charge in [0.2, 0.25) is 6.29 Å². The Morgan fingerprint density at radius 3 is 1.41 bits per heavy atom. The summed E-state index contributed by atoms with van der Waals surface area (Å²) in [7, 11) is 0. The van der Waals surface area contributed by atoms with Gasteiger partial charge in [-0.05, 0) is 86.5 Å². The Kier molecular flexibility index (Phi) is 18.2. The number of aliphatic hydroxyl groups excluding tert-OH is 17. The van der Waals surface area contributed by atoms with Crippen LogP contribution in [0.25, 0.3) is 0 Å². The number of rotatable bonds is 15. The molecule has 0 radical (unpaired) electrons. The first-order valence-electron chi connectivity index (χ1n) is 26.9. The monoisotopic (exact) mass is 1130 g/mol. The van der Waals surface area contributed by atoms with E-state index in [0.29, 0.717) is 63.4 Å². The van der Waals surface area contributed by atoms with E-state index in [1.807, 2.05) is 0 Å². The molecule has 4 aliphatic carbocycles. The summed E-state index contributed by atoms with van der Waals surface area (Å²) in [5.74, 6) is -1.19. The summed E-state index contributed by atoms with van der Waals surface area (Å²) in [5, 5.41) is 181. The SMILES string of the molecule is C=C1C[C@@]23CCC4[C@](C)(C(=O)OC5OC(CO)C(O)C(OC6OC(CO)C(O)C(O)C6O)C5OC5OC(CO)C(O)C(O)C5O)CCC[C@@]4(C)[C@@H]2CCC1(OC1OC(CO)C(O)C(OC2OC(CO)C(O)C(O)C2O)C1O)C3. The lowest BCUT2D eigenvalue weighted by atomic mass is 9.41. The van der Waals surface area contributed by atoms with Crippen molar-refractivity contribution in [1.29, 1.82) is 0 Å². The zero-order valence-electron chi connectivity index (χ0n) is 43.3. The minimum absolute atomic E-state index is 0.0444. The van der Waals surface area contributed by atoms with Gasteiger partial charge in [0, 0.05) is 0 Å². The van der Waals surface area contributed by atoms with Crippen molar-refractivity contribution < 1.29 is 139 Å². The van der Waals surface area contributed by atoms with E-state index >= 15 is 4.79 Å². The van der Waals surface area contributed by atoms with Crippen molar-refractivity contribution in [3.8, 4) is 0 Å². The summed E-state index contributed by atoms with van der Waals surface area (Å²) >= 11 is 0. The van der Waals surface area contributed by atoms with Crippen LogP contribution in [0, 0.1) is 28.1 Å². The molecule has 0 aromatic rings. The number of carbonyl (C=O) groups excluding carboxylic acids is 1. The number of carbonyl (C=O) groups is 1. The first-order valence-corrected chi connectivity index (χ1v) is 26.9. The van der Waals surface area contributed by atoms with Crippen molar-refractivity contribution in [3.63, 3.8) is 0 Å². The molecule has 31 atom stereocenters. The smallest absolute Gasteiger partial charge is 0.314 e. The van der Waals surface area contributed by atoms with Gasteiger partial charge in [0.1, 0.15) is 116 Å². The normalized spacial score (nSPS) is 54.5. The number of hydrogen-bond donors (Lipinski definition) is 17. The molecule has 17 N–H and O–H groups in total. The third kappa shape index (κ3) is 10.3. The third-order valence-corrected chi connectivity index (χ3v) is 19.2. The fourth-order valence-corrected chi connectivity index (χ4v) is 15.0. The highest BCUT2D eigenvalue weighted by atomic mass is 16.8. The lowest BCUT2D eigenvalue weighted by Crippen LogP contribution is -2.67. The Balaban J connectivity index is 0.949. The molecule has 0 amide bonds. The van der Waals surface area contributed by atoms with Gasteiger partial charge < -0.3 is 134 Å². The van der Waals surface area contributed by atoms with Crippen molar-refractivity contribution in [2.75, 3.05) is 33.0 Å². The average Bonchev–Trinajstić information content (AvgIpc) is 3.88. The van der Waals surface area contributed by atoms with Gasteiger partial charge in [-0.2, -0.15) is 0 Å². The molecule has 5 heterocycles. The summed E-state index contributed by atoms with van der Waals surface area (Å²) in [5.41, 5.74) is -2.63. The molecular formula is C50H80O28. The highest BCUT2D eigenvalue weighted by molar-refractivity contribution is 5.77. The van der Waals surface area contributed by atoms with Gasteiger partial charge in [-0.1, -0.05) is 19.9 Å². The molecule has 9 rings (SSSR count). The fraction of sp³-hybridized carbons (Fsp3) is 0.940. The summed E-state index contributed by atoms with van der Waals surface area (Å²) in [6.45, 7) is 4.22. The van der Waals surface area contributed by atoms with E-state index in [1.165, 1.54) is 0 Å². The second-order valence-electron chi connectivity index (χ2n) is 23.6. The Morgan fingerprint density at radius 1 is 0.487 bits per heavy atom. The largest absolute Gasteiger partial charge is 0.432 e. The molecule has 0 aromatic carbocycles. The van der Waals surface area contributed by atoms with Crippen LogP contribution in [-0.2, 0) is 52.2 Å². The summed E-state index contributed by atoms with van der Waals surface area (Å²) in [6.07, 6.45) is -39.9. The Labute approximate surface area is 448 Å². The Morgan fingerprint density at radius 2 is 0.910 bits per heavy atom. The van der Waals surface area contributed by atoms with Crippen LogP contribution in [0.1, 0.15) is 71.6 Å². The maximum atomic E-state index is 15.2. The van der Waals surface area contributed by atoms with Crippen molar-refractivity contribution in [3.05, 3.63) is 12.2 Å². The lowest BCUT2D eigenvalue weighted by Gasteiger charge is -2.64. The molecule has 78 heavy (non-hydrogen) atoms. The minimum Gasteiger partial charge on any atom is -0.432 e. The molecule has 1 spiro atoms. The zero-order valence-corrected chi connectivity index (χ0v) is 43.3. The van der Waals surface area contributed by atoms with E-state index in [9.17, 15) is 86.8 Å². The van der Waals surface area contributed by atoms with E-state index in [-0.39, 0.29) is 11.8 Å². The number of esters is 1. The molecule has 5 saturated heterocycles. The topological polar surface area (TPSA) is 453 Å². The maximum Gasteiger partial charge on any atom is 0.314 e. The van der Waals surface area contributed by atoms with Gasteiger partial charge in [0.15, 0.2) is 31.3 Å². The lowest BCUT2D eigenvalue weighted by molar-refractivity contribution is -0.389. The second kappa shape index (κ2) is 23.3. The van der Waals surface area contributed by atoms with Crippen molar-refractivity contribution >= 4 is 5.97 Å². The molecule has 2 bridgehead atoms. The van der Waals surface area contributed by atoms with Gasteiger partial charge in [0.05, 0.1) is 44.1 Å². The zero-order chi connectivity index (χ0) is 56.7. The van der Waals surface area contributed by atoms with Crippen LogP contribution in [-0.4, -0.2) is 285 Å². The maximum absolute atomic E-state index is 15.2. The molecule has 0 aromatic heterocycles. The highest BCUT2D eigenvalue weighted by Gasteiger charge is 2.70. The van der Waals surface area contributed by atoms with E-state index < -0.39 is 214 Å². The van der Waals surface area contributed by atoms with Crippen LogP contribution in [0.2, 0.25) is 0 Å². The summed E-state index contributed by atoms with van der Waals surface area (Å²) in [4.78, 5) is 15.2. The van der Waals surface area contributed by atoms with Crippen molar-refractivity contribution in [2.45, 2.75) is 231 Å². The predicted octanol–water partition coefficient (Wildman–Crippen LogP) is -7.29. The molecule has 28 nitrogen and oxygen atoms in total. The number of hydrogen-bond acceptors (Lipinski definition) is 28. The van der Waals surface area contributed by atoms with Gasteiger partial charge in [-0.15, -0.1) is 0 Å². The van der Waals surface area contributed by atoms with Crippen molar-refractivity contribution in [1.82, 2.24) is 0 Å². The van der Waals surface area contributed by atoms with Crippen LogP contribution in [0.15, 0.2) is 12.2 Å². The van der Waals surface area contributed by atoms with Crippen molar-refractivity contribution in [2.24, 2.45) is 28.1 Å². The molecule has 27 unspecified atom stereocenters. The van der Waals surface area contributed by atoms with Crippen LogP contribution >= 0.6 is 0 Å². The minimum atomic E-state index is -2.04. The van der Waals surface area contributed by atoms with E-state index in [2.05, 4.69) is 13.5 Å². The van der Waals surface area contributed by atoms with Gasteiger partial charge in [-0.3, -0.25) is 4.79 Å². The summed E-state index contributed by atoms with van der Waals surface area (Å²) in [6, 6.07) is 0. The Bertz CT molecular complexity index is 2070. The predicted molar refractivity (Wildman–Crippen MR) is 252 cm³/mol. The fourth-order valence-electron chi connectivity index (χ4n) is 15.0. The van der Waals surface area contributed by atoms with Gasteiger partial charge >= 0.3 is 5.97 Å². The van der Waals surface area contributed by atoms with Gasteiger partial charge in [0.25, 0.3) is 0 Å². The molecule has 448 valence electrons. The Hall–Kier alpha value is -1.83. The quantitative estimate of drug-likeness (QED) is 0.0411. The van der Waals surface area contributed by atoms with Crippen LogP contribution < -0.4 is 0 Å². The average molecular weight is 1130 g/mol. The van der Waals surface area contributed by atoms with Crippen LogP contribution in [0.5, 0.6) is 0 Å². The first-order chi connectivity index (χ1) is 36.9. The number of ether oxygens (including phenoxy) is 10. The van der Waals surface area contributed by atoms with E-state index in [0.717, 1.165) is 0 Å². The summed E-state index contributed by atoms with van der Waals surface area (Å²) < 4.78 is 59.7. The second-order valence-corrected chi connectivity index (χ2v) is 23.6. The van der Waals surface area contributed by atoms with Gasteiger partial charge in [-0.25, -0.2) is 0 Å². The van der Waals surface area contributed by atoms with E-state index in [4.69, 9.17) is 47.4 Å². The third-order valence-electron chi connectivity index (χ3n) is 19.2. The number of fused-ring (bicyclic) bond motifs is 3. The molecule has 5 aliphatic heterocycles. The molecule has 9 fully saturated rings. The standard InChI is InChI=1S/C50H80O28/c1-18-11-49-9-5-24-47(2,25(49)6-10-50(18,17-49)78-44-37(67)38(29(59)22(15-54)72-44)74-41-34(64)31(61)26(56)19(12-51)69-41)7-4-8-48(24,3)46(68)77-45-40(76-43-36(66)33(63)28(58)21(14-53)71-43)39(30(60)23(16-55)73-45)75-42-35(65)32(62)27(57)20(13-52)70-42/h19-45,51-67H,1,4-17H2,2-3H3/t19?,20?,21?,22?,23?,24?,25-,26?,27?,28?,29?,30?,31?,32?,33?,34?,35?,36?,37?,38?,39?,40?,41?,42?,43?,44?,45?,47+,48+,49+,50?/m0/s1. The molecular weight excluding hydrogens is 1050 g/mol. The first kappa shape index (κ1) is 60.8. The number of aliphatic hydroxyl groups is 17. The van der Waals surface area contributed by atoms with Crippen LogP contribution in [0.3, 0.4) is 0 Å².